The Hall–Kier alpha value is -1.42. The highest BCUT2D eigenvalue weighted by Crippen LogP contribution is 2.29. The molecule has 5 nitrogen and oxygen atoms in total. The van der Waals surface area contributed by atoms with Gasteiger partial charge in [0.2, 0.25) is 10.0 Å². The van der Waals surface area contributed by atoms with Gasteiger partial charge in [-0.2, -0.15) is 9.57 Å². The molecule has 0 amide bonds. The summed E-state index contributed by atoms with van der Waals surface area (Å²) >= 11 is 0. The maximum Gasteiger partial charge on any atom is 0.243 e. The van der Waals surface area contributed by atoms with Gasteiger partial charge >= 0.3 is 0 Å². The Balaban J connectivity index is 2.32. The third-order valence-electron chi connectivity index (χ3n) is 4.19. The molecule has 1 heterocycles. The van der Waals surface area contributed by atoms with Crippen LogP contribution in [0.4, 0.5) is 0 Å². The fraction of sp³-hybridized carbons (Fsp3) is 0.533. The highest BCUT2D eigenvalue weighted by molar-refractivity contribution is 7.89. The van der Waals surface area contributed by atoms with Gasteiger partial charge in [-0.25, -0.2) is 8.42 Å². The van der Waals surface area contributed by atoms with E-state index < -0.39 is 10.0 Å². The molecule has 2 atom stereocenters. The van der Waals surface area contributed by atoms with Gasteiger partial charge in [0, 0.05) is 19.1 Å². The van der Waals surface area contributed by atoms with Crippen molar-refractivity contribution in [3.8, 4) is 6.07 Å². The van der Waals surface area contributed by atoms with E-state index >= 15 is 0 Å². The van der Waals surface area contributed by atoms with Crippen LogP contribution in [0.1, 0.15) is 31.7 Å². The molecule has 2 N–H and O–H groups in total. The second-order valence-corrected chi connectivity index (χ2v) is 7.33. The van der Waals surface area contributed by atoms with Gasteiger partial charge in [-0.05, 0) is 37.0 Å². The first-order valence-corrected chi connectivity index (χ1v) is 8.69. The average Bonchev–Trinajstić information content (AvgIpc) is 2.54. The lowest BCUT2D eigenvalue weighted by molar-refractivity contribution is 0.197. The van der Waals surface area contributed by atoms with Crippen molar-refractivity contribution in [2.45, 2.75) is 37.1 Å². The van der Waals surface area contributed by atoms with Crippen LogP contribution >= 0.6 is 0 Å². The van der Waals surface area contributed by atoms with E-state index in [1.807, 2.05) is 6.07 Å². The van der Waals surface area contributed by atoms with Crippen LogP contribution in [-0.4, -0.2) is 31.9 Å². The zero-order chi connectivity index (χ0) is 15.5. The summed E-state index contributed by atoms with van der Waals surface area (Å²) in [6.07, 6.45) is 2.72. The Bertz CT molecular complexity index is 637. The number of piperidine rings is 1. The zero-order valence-electron chi connectivity index (χ0n) is 12.2. The summed E-state index contributed by atoms with van der Waals surface area (Å²) in [5, 5.41) is 8.92. The van der Waals surface area contributed by atoms with Gasteiger partial charge in [0.1, 0.15) is 0 Å². The smallest absolute Gasteiger partial charge is 0.243 e. The minimum absolute atomic E-state index is 0.153. The van der Waals surface area contributed by atoms with Crippen molar-refractivity contribution >= 4 is 10.0 Å². The summed E-state index contributed by atoms with van der Waals surface area (Å²) < 4.78 is 27.1. The molecule has 114 valence electrons. The van der Waals surface area contributed by atoms with E-state index in [9.17, 15) is 8.42 Å². The molecule has 0 radical (unpaired) electrons. The Labute approximate surface area is 126 Å². The van der Waals surface area contributed by atoms with Gasteiger partial charge in [0.05, 0.1) is 16.5 Å². The molecule has 0 aromatic heterocycles. The van der Waals surface area contributed by atoms with Crippen molar-refractivity contribution in [2.24, 2.45) is 11.7 Å². The molecule has 1 fully saturated rings. The monoisotopic (exact) mass is 307 g/mol. The first kappa shape index (κ1) is 16.0. The SMILES string of the molecule is CCC1CCN(S(=O)(=O)c2cccc(C#N)c2)C(CN)C1. The van der Waals surface area contributed by atoms with Gasteiger partial charge < -0.3 is 5.73 Å². The van der Waals surface area contributed by atoms with Crippen molar-refractivity contribution in [1.82, 2.24) is 4.31 Å². The number of sulfonamides is 1. The highest BCUT2D eigenvalue weighted by Gasteiger charge is 2.35. The summed E-state index contributed by atoms with van der Waals surface area (Å²) in [7, 11) is -3.59. The summed E-state index contributed by atoms with van der Waals surface area (Å²) in [5.41, 5.74) is 6.13. The van der Waals surface area contributed by atoms with Gasteiger partial charge in [0.25, 0.3) is 0 Å². The molecule has 21 heavy (non-hydrogen) atoms. The molecule has 1 aliphatic heterocycles. The lowest BCUT2D eigenvalue weighted by atomic mass is 9.90. The summed E-state index contributed by atoms with van der Waals surface area (Å²) in [6, 6.07) is 7.98. The Morgan fingerprint density at radius 3 is 2.86 bits per heavy atom. The first-order valence-electron chi connectivity index (χ1n) is 7.25. The van der Waals surface area contributed by atoms with Gasteiger partial charge in [-0.3, -0.25) is 0 Å². The van der Waals surface area contributed by atoms with E-state index in [-0.39, 0.29) is 10.9 Å². The molecule has 1 aromatic rings. The van der Waals surface area contributed by atoms with Crippen molar-refractivity contribution in [2.75, 3.05) is 13.1 Å². The Morgan fingerprint density at radius 1 is 1.48 bits per heavy atom. The van der Waals surface area contributed by atoms with Crippen molar-refractivity contribution in [3.63, 3.8) is 0 Å². The molecule has 0 saturated carbocycles. The number of rotatable bonds is 4. The Kier molecular flexibility index (Phi) is 4.99. The topological polar surface area (TPSA) is 87.2 Å². The maximum absolute atomic E-state index is 12.8. The number of benzene rings is 1. The largest absolute Gasteiger partial charge is 0.329 e. The minimum atomic E-state index is -3.59. The van der Waals surface area contributed by atoms with Crippen LogP contribution in [0.5, 0.6) is 0 Å². The normalized spacial score (nSPS) is 23.7. The number of nitrogens with zero attached hydrogens (tertiary/aromatic N) is 2. The molecule has 2 unspecified atom stereocenters. The van der Waals surface area contributed by atoms with E-state index in [1.54, 1.807) is 12.1 Å². The van der Waals surface area contributed by atoms with Crippen LogP contribution in [0.15, 0.2) is 29.2 Å². The zero-order valence-corrected chi connectivity index (χ0v) is 13.0. The van der Waals surface area contributed by atoms with E-state index in [2.05, 4.69) is 6.92 Å². The first-order chi connectivity index (χ1) is 10.0. The predicted octanol–water partition coefficient (Wildman–Crippen LogP) is 1.70. The summed E-state index contributed by atoms with van der Waals surface area (Å²) in [6.45, 7) is 2.95. The lowest BCUT2D eigenvalue weighted by Crippen LogP contribution is -2.49. The second-order valence-electron chi connectivity index (χ2n) is 5.44. The molecular weight excluding hydrogens is 286 g/mol. The van der Waals surface area contributed by atoms with E-state index in [4.69, 9.17) is 11.0 Å². The number of hydrogen-bond donors (Lipinski definition) is 1. The van der Waals surface area contributed by atoms with Gasteiger partial charge in [-0.1, -0.05) is 19.4 Å². The van der Waals surface area contributed by atoms with Crippen LogP contribution in [0.25, 0.3) is 0 Å². The summed E-state index contributed by atoms with van der Waals surface area (Å²) in [5.74, 6) is 0.537. The molecule has 6 heteroatoms. The fourth-order valence-corrected chi connectivity index (χ4v) is 4.58. The number of nitriles is 1. The van der Waals surface area contributed by atoms with Crippen LogP contribution in [0.3, 0.4) is 0 Å². The second kappa shape index (κ2) is 6.56. The van der Waals surface area contributed by atoms with Crippen LogP contribution < -0.4 is 5.73 Å². The minimum Gasteiger partial charge on any atom is -0.329 e. The van der Waals surface area contributed by atoms with E-state index in [1.165, 1.54) is 16.4 Å². The predicted molar refractivity (Wildman–Crippen MR) is 80.9 cm³/mol. The molecule has 0 aliphatic carbocycles. The van der Waals surface area contributed by atoms with Crippen molar-refractivity contribution < 1.29 is 8.42 Å². The highest BCUT2D eigenvalue weighted by atomic mass is 32.2. The van der Waals surface area contributed by atoms with E-state index in [0.717, 1.165) is 19.3 Å². The standard InChI is InChI=1S/C15H21N3O2S/c1-2-12-6-7-18(14(8-12)11-17)21(19,20)15-5-3-4-13(9-15)10-16/h3-5,9,12,14H,2,6-8,11,17H2,1H3. The van der Waals surface area contributed by atoms with Crippen LogP contribution in [0.2, 0.25) is 0 Å². The van der Waals surface area contributed by atoms with Gasteiger partial charge in [-0.15, -0.1) is 0 Å². The van der Waals surface area contributed by atoms with Crippen LogP contribution in [0, 0.1) is 17.2 Å². The number of nitrogens with two attached hydrogens (primary N) is 1. The molecule has 1 aromatic carbocycles. The van der Waals surface area contributed by atoms with E-state index in [0.29, 0.717) is 24.6 Å². The molecule has 1 aliphatic rings. The van der Waals surface area contributed by atoms with Gasteiger partial charge in [0.15, 0.2) is 0 Å². The molecule has 0 bridgehead atoms. The van der Waals surface area contributed by atoms with Crippen molar-refractivity contribution in [3.05, 3.63) is 29.8 Å². The van der Waals surface area contributed by atoms with Crippen molar-refractivity contribution in [1.29, 1.82) is 5.26 Å². The fourth-order valence-electron chi connectivity index (χ4n) is 2.88. The molecule has 2 rings (SSSR count). The summed E-state index contributed by atoms with van der Waals surface area (Å²) in [4.78, 5) is 0.176. The maximum atomic E-state index is 12.8. The number of hydrogen-bond acceptors (Lipinski definition) is 4. The molecule has 1 saturated heterocycles. The lowest BCUT2D eigenvalue weighted by Gasteiger charge is -2.37. The Morgan fingerprint density at radius 2 is 2.24 bits per heavy atom. The third-order valence-corrected chi connectivity index (χ3v) is 6.14. The molecular formula is C15H21N3O2S. The average molecular weight is 307 g/mol. The van der Waals surface area contributed by atoms with Crippen LogP contribution in [-0.2, 0) is 10.0 Å². The third kappa shape index (κ3) is 3.26. The molecule has 0 spiro atoms. The quantitative estimate of drug-likeness (QED) is 0.917.